The largest absolute Gasteiger partial charge is 0.479 e. The first-order valence-corrected chi connectivity index (χ1v) is 9.26. The number of carboxylic acids is 1. The van der Waals surface area contributed by atoms with Gasteiger partial charge in [-0.05, 0) is 37.3 Å². The molecule has 3 rings (SSSR count). The van der Waals surface area contributed by atoms with E-state index in [1.165, 1.54) is 11.2 Å². The van der Waals surface area contributed by atoms with E-state index in [1.807, 2.05) is 24.3 Å². The van der Waals surface area contributed by atoms with Crippen LogP contribution >= 0.6 is 0 Å². The summed E-state index contributed by atoms with van der Waals surface area (Å²) in [5.41, 5.74) is 0.711. The number of ether oxygens (including phenoxy) is 1. The molecule has 1 aliphatic heterocycles. The Balaban J connectivity index is 1.70. The number of aliphatic carboxylic acids is 1. The van der Waals surface area contributed by atoms with E-state index in [2.05, 4.69) is 0 Å². The molecule has 0 saturated heterocycles. The third-order valence-electron chi connectivity index (χ3n) is 4.15. The van der Waals surface area contributed by atoms with Gasteiger partial charge in [-0.2, -0.15) is 0 Å². The lowest BCUT2D eigenvalue weighted by molar-refractivity contribution is -0.149. The standard InChI is InChI=1S/C17H19NO5S/c1-12(17(19)20)23-11-3-2-10-18-14-8-4-6-13-7-5-9-15(16(13)14)24(18,21)22/h4-9,12H,2-3,10-11H2,1H3,(H,19,20). The number of sulfonamides is 1. The van der Waals surface area contributed by atoms with Gasteiger partial charge in [0.05, 0.1) is 10.6 Å². The minimum absolute atomic E-state index is 0.290. The zero-order valence-electron chi connectivity index (χ0n) is 13.3. The number of hydrogen-bond donors (Lipinski definition) is 1. The summed E-state index contributed by atoms with van der Waals surface area (Å²) in [5, 5.41) is 10.4. The minimum atomic E-state index is -3.52. The Morgan fingerprint density at radius 3 is 2.62 bits per heavy atom. The minimum Gasteiger partial charge on any atom is -0.479 e. The van der Waals surface area contributed by atoms with E-state index in [-0.39, 0.29) is 0 Å². The number of carboxylic acid groups (broad SMARTS) is 1. The normalized spacial score (nSPS) is 16.5. The van der Waals surface area contributed by atoms with Gasteiger partial charge in [-0.25, -0.2) is 13.2 Å². The highest BCUT2D eigenvalue weighted by Gasteiger charge is 2.34. The maximum Gasteiger partial charge on any atom is 0.332 e. The van der Waals surface area contributed by atoms with Crippen molar-refractivity contribution in [1.29, 1.82) is 0 Å². The van der Waals surface area contributed by atoms with Crippen molar-refractivity contribution in [2.45, 2.75) is 30.8 Å². The molecule has 0 bridgehead atoms. The molecule has 128 valence electrons. The summed E-state index contributed by atoms with van der Waals surface area (Å²) < 4.78 is 32.1. The van der Waals surface area contributed by atoms with Crippen molar-refractivity contribution in [1.82, 2.24) is 0 Å². The molecule has 0 aliphatic carbocycles. The smallest absolute Gasteiger partial charge is 0.332 e. The number of unbranched alkanes of at least 4 members (excludes halogenated alkanes) is 1. The molecule has 1 atom stereocenters. The fourth-order valence-corrected chi connectivity index (χ4v) is 4.64. The lowest BCUT2D eigenvalue weighted by Crippen LogP contribution is -2.28. The van der Waals surface area contributed by atoms with Gasteiger partial charge in [-0.15, -0.1) is 0 Å². The summed E-state index contributed by atoms with van der Waals surface area (Å²) in [7, 11) is -3.52. The van der Waals surface area contributed by atoms with Gasteiger partial charge in [0.1, 0.15) is 0 Å². The van der Waals surface area contributed by atoms with Crippen molar-refractivity contribution in [3.63, 3.8) is 0 Å². The highest BCUT2D eigenvalue weighted by Crippen LogP contribution is 2.41. The highest BCUT2D eigenvalue weighted by molar-refractivity contribution is 7.93. The van der Waals surface area contributed by atoms with Crippen molar-refractivity contribution in [2.75, 3.05) is 17.5 Å². The van der Waals surface area contributed by atoms with E-state index in [0.29, 0.717) is 36.6 Å². The van der Waals surface area contributed by atoms with Crippen molar-refractivity contribution in [3.05, 3.63) is 36.4 Å². The summed E-state index contributed by atoms with van der Waals surface area (Å²) in [6.07, 6.45) is 0.338. The van der Waals surface area contributed by atoms with Gasteiger partial charge in [-0.1, -0.05) is 24.3 Å². The number of nitrogens with zero attached hydrogens (tertiary/aromatic N) is 1. The lowest BCUT2D eigenvalue weighted by Gasteiger charge is -2.18. The molecule has 0 radical (unpaired) electrons. The van der Waals surface area contributed by atoms with Crippen molar-refractivity contribution < 1.29 is 23.1 Å². The molecule has 2 aromatic carbocycles. The molecule has 1 heterocycles. The summed E-state index contributed by atoms with van der Waals surface area (Å²) in [6, 6.07) is 10.9. The van der Waals surface area contributed by atoms with Gasteiger partial charge in [0.25, 0.3) is 10.0 Å². The molecule has 7 heteroatoms. The van der Waals surface area contributed by atoms with Crippen LogP contribution in [-0.4, -0.2) is 38.7 Å². The second-order valence-corrected chi connectivity index (χ2v) is 7.60. The van der Waals surface area contributed by atoms with Crippen LogP contribution in [0, 0.1) is 0 Å². The van der Waals surface area contributed by atoms with Crippen molar-refractivity contribution in [2.24, 2.45) is 0 Å². The van der Waals surface area contributed by atoms with Crippen molar-refractivity contribution >= 4 is 32.5 Å². The summed E-state index contributed by atoms with van der Waals surface area (Å²) in [5.74, 6) is -1.00. The third-order valence-corrected chi connectivity index (χ3v) is 6.01. The van der Waals surface area contributed by atoms with Gasteiger partial charge >= 0.3 is 5.97 Å². The first kappa shape index (κ1) is 16.7. The molecule has 0 amide bonds. The molecule has 0 aromatic heterocycles. The van der Waals surface area contributed by atoms with E-state index < -0.39 is 22.1 Å². The van der Waals surface area contributed by atoms with E-state index in [9.17, 15) is 13.2 Å². The quantitative estimate of drug-likeness (QED) is 0.777. The fraction of sp³-hybridized carbons (Fsp3) is 0.353. The van der Waals surface area contributed by atoms with Crippen LogP contribution in [0.5, 0.6) is 0 Å². The maximum absolute atomic E-state index is 12.7. The molecule has 6 nitrogen and oxygen atoms in total. The summed E-state index contributed by atoms with van der Waals surface area (Å²) >= 11 is 0. The number of rotatable bonds is 7. The van der Waals surface area contributed by atoms with Crippen molar-refractivity contribution in [3.8, 4) is 0 Å². The maximum atomic E-state index is 12.7. The van der Waals surface area contributed by atoms with Crippen LogP contribution in [-0.2, 0) is 19.6 Å². The molecule has 24 heavy (non-hydrogen) atoms. The lowest BCUT2D eigenvalue weighted by atomic mass is 10.1. The number of carbonyl (C=O) groups is 1. The number of hydrogen-bond acceptors (Lipinski definition) is 4. The second kappa shape index (κ2) is 6.41. The van der Waals surface area contributed by atoms with Crippen LogP contribution in [0.15, 0.2) is 41.3 Å². The van der Waals surface area contributed by atoms with Crippen LogP contribution in [0.3, 0.4) is 0 Å². The zero-order chi connectivity index (χ0) is 17.3. The summed E-state index contributed by atoms with van der Waals surface area (Å²) in [6.45, 7) is 2.12. The average Bonchev–Trinajstić information content (AvgIpc) is 2.77. The fourth-order valence-electron chi connectivity index (χ4n) is 2.89. The van der Waals surface area contributed by atoms with Crippen LogP contribution in [0.1, 0.15) is 19.8 Å². The Kier molecular flexibility index (Phi) is 4.47. The second-order valence-electron chi connectivity index (χ2n) is 5.77. The third kappa shape index (κ3) is 2.85. The summed E-state index contributed by atoms with van der Waals surface area (Å²) in [4.78, 5) is 11.0. The Morgan fingerprint density at radius 1 is 1.21 bits per heavy atom. The Hall–Kier alpha value is -2.12. The first-order valence-electron chi connectivity index (χ1n) is 7.82. The predicted octanol–water partition coefficient (Wildman–Crippen LogP) is 2.62. The van der Waals surface area contributed by atoms with E-state index >= 15 is 0 Å². The molecule has 1 aliphatic rings. The molecule has 0 spiro atoms. The van der Waals surface area contributed by atoms with E-state index in [1.54, 1.807) is 12.1 Å². The molecule has 1 unspecified atom stereocenters. The Morgan fingerprint density at radius 2 is 1.92 bits per heavy atom. The van der Waals surface area contributed by atoms with Gasteiger partial charge < -0.3 is 9.84 Å². The van der Waals surface area contributed by atoms with Crippen LogP contribution in [0.2, 0.25) is 0 Å². The topological polar surface area (TPSA) is 83.9 Å². The average molecular weight is 349 g/mol. The van der Waals surface area contributed by atoms with Gasteiger partial charge in [0.15, 0.2) is 6.10 Å². The highest BCUT2D eigenvalue weighted by atomic mass is 32.2. The van der Waals surface area contributed by atoms with Crippen LogP contribution < -0.4 is 4.31 Å². The Labute approximate surface area is 140 Å². The number of anilines is 1. The Bertz CT molecular complexity index is 872. The zero-order valence-corrected chi connectivity index (χ0v) is 14.1. The molecule has 0 fully saturated rings. The van der Waals surface area contributed by atoms with E-state index in [0.717, 1.165) is 10.8 Å². The number of benzene rings is 2. The van der Waals surface area contributed by atoms with E-state index in [4.69, 9.17) is 9.84 Å². The molecule has 2 aromatic rings. The predicted molar refractivity (Wildman–Crippen MR) is 90.8 cm³/mol. The molecule has 1 N–H and O–H groups in total. The van der Waals surface area contributed by atoms with Crippen LogP contribution in [0.4, 0.5) is 5.69 Å². The molecular formula is C17H19NO5S. The monoisotopic (exact) mass is 349 g/mol. The van der Waals surface area contributed by atoms with Crippen LogP contribution in [0.25, 0.3) is 10.8 Å². The SMILES string of the molecule is CC(OCCCCN1c2cccc3cccc(c23)S1(=O)=O)C(=O)O. The van der Waals surface area contributed by atoms with Gasteiger partial charge in [0, 0.05) is 18.5 Å². The van der Waals surface area contributed by atoms with Gasteiger partial charge in [0.2, 0.25) is 0 Å². The molecular weight excluding hydrogens is 330 g/mol. The molecule has 0 saturated carbocycles. The van der Waals surface area contributed by atoms with Gasteiger partial charge in [-0.3, -0.25) is 4.31 Å². The first-order chi connectivity index (χ1) is 11.4.